The number of aliphatic hydroxyl groups is 2. The first-order valence-electron chi connectivity index (χ1n) is 43.6. The van der Waals surface area contributed by atoms with Crippen molar-refractivity contribution in [1.29, 1.82) is 5.41 Å². The number of nitrogens with one attached hydrogen (secondary N) is 16. The van der Waals surface area contributed by atoms with Crippen molar-refractivity contribution in [2.45, 2.75) is 239 Å². The maximum absolute atomic E-state index is 15.1. The number of H-pyrrole nitrogens is 1. The molecule has 16 atom stereocenters. The number of thioether (sulfide) groups is 1. The Bertz CT molecular complexity index is 4700. The normalized spacial score (nSPS) is 17.5. The number of guanidine groups is 1. The van der Waals surface area contributed by atoms with E-state index in [4.69, 9.17) is 16.9 Å². The van der Waals surface area contributed by atoms with Crippen molar-refractivity contribution in [1.82, 2.24) is 94.2 Å². The van der Waals surface area contributed by atoms with Gasteiger partial charge in [-0.2, -0.15) is 11.8 Å². The molecule has 0 bridgehead atoms. The summed E-state index contributed by atoms with van der Waals surface area (Å²) in [5, 5.41) is 115. The van der Waals surface area contributed by atoms with E-state index in [9.17, 15) is 117 Å². The molecule has 7 rings (SSSR count). The Balaban J connectivity index is 1.08. The summed E-state index contributed by atoms with van der Waals surface area (Å²) in [6, 6.07) is -5.13. The van der Waals surface area contributed by atoms with E-state index in [1.54, 1.807) is 38.3 Å². The van der Waals surface area contributed by atoms with Crippen LogP contribution in [0.25, 0.3) is 0 Å². The second-order valence-electron chi connectivity index (χ2n) is 33.1. The van der Waals surface area contributed by atoms with Gasteiger partial charge >= 0.3 is 17.9 Å². The van der Waals surface area contributed by atoms with E-state index in [0.29, 0.717) is 35.5 Å². The van der Waals surface area contributed by atoms with Crippen LogP contribution in [0.3, 0.4) is 0 Å². The van der Waals surface area contributed by atoms with Gasteiger partial charge in [-0.1, -0.05) is 68.4 Å². The van der Waals surface area contributed by atoms with Crippen molar-refractivity contribution < 1.29 is 122 Å². The molecule has 0 spiro atoms. The van der Waals surface area contributed by atoms with Gasteiger partial charge in [-0.3, -0.25) is 86.9 Å². The van der Waals surface area contributed by atoms with Crippen molar-refractivity contribution in [3.63, 3.8) is 0 Å². The Kier molecular flexibility index (Phi) is 42.5. The molecule has 47 heteroatoms. The van der Waals surface area contributed by atoms with E-state index in [1.165, 1.54) is 91.9 Å². The average Bonchev–Trinajstić information content (AvgIpc) is 1.70. The number of phenolic OH excluding ortho intramolecular Hbond substituents is 2. The minimum absolute atomic E-state index is 0.00449. The van der Waals surface area contributed by atoms with Crippen LogP contribution in [0.15, 0.2) is 91.4 Å². The van der Waals surface area contributed by atoms with Gasteiger partial charge in [-0.05, 0) is 149 Å². The standard InChI is InChI=1S/C86H121N21O25S/c1-45(2)36-62(102-82(128)70(46(3)109)105-74(120)56(30-35-133-4)95-71(117)53-14-8-31-91-53)84(130)107-34-11-16-65(107)80(126)96-55(27-29-69(115)116)73(119)100-61(41-67(87)112)78(124)99-59(38-48-18-22-51(110)23-19-48)75(121)98-58(37-47-12-6-5-7-13-47)77(123)104-64(43-108)79(125)94-54(26-28-68(113)114)72(118)97-57(15-9-32-92-86(88)89)83(129)106-33-10-17-66(106)81(127)101-60(39-49-20-24-52(111)25-21-49)76(122)103-63(85(131)132)40-50-42-90-44-93-50/h5-7,12-13,18-25,42,44-46,53-66,70,91,108-111H,8-11,14-17,26-41,43H2,1-4H3,(H2,87,112)(H,90,93)(H,94,125)(H,95,117)(H,96,126)(H,97,118)(H,98,121)(H,99,124)(H,100,119)(H,101,127)(H,102,128)(H,103,122)(H,104,123)(H,105,120)(H,113,114)(H,115,116)(H,131,132)(H4,88,89,92)/t46-,53+,54+,55+,56+,57+,58+,59+,60+,61+,62+,63+,64+,65+,66+,70+/m1/s1. The highest BCUT2D eigenvalue weighted by Gasteiger charge is 2.45. The molecule has 4 heterocycles. The van der Waals surface area contributed by atoms with E-state index in [0.717, 1.165) is 16.2 Å². The lowest BCUT2D eigenvalue weighted by atomic mass is 10.0. The van der Waals surface area contributed by atoms with Crippen LogP contribution in [-0.2, 0) is 112 Å². The summed E-state index contributed by atoms with van der Waals surface area (Å²) in [7, 11) is 0. The lowest BCUT2D eigenvalue weighted by molar-refractivity contribution is -0.144. The van der Waals surface area contributed by atoms with E-state index in [-0.39, 0.29) is 107 Å². The monoisotopic (exact) mass is 1880 g/mol. The minimum Gasteiger partial charge on any atom is -0.508 e. The van der Waals surface area contributed by atoms with E-state index < -0.39 is 261 Å². The fourth-order valence-electron chi connectivity index (χ4n) is 15.2. The maximum Gasteiger partial charge on any atom is 0.326 e. The molecular weight excluding hydrogens is 1760 g/mol. The number of aliphatic hydroxyl groups excluding tert-OH is 2. The first-order valence-corrected chi connectivity index (χ1v) is 45.0. The smallest absolute Gasteiger partial charge is 0.326 e. The largest absolute Gasteiger partial charge is 0.508 e. The zero-order valence-corrected chi connectivity index (χ0v) is 74.9. The van der Waals surface area contributed by atoms with Crippen molar-refractivity contribution >= 4 is 124 Å². The number of rotatable bonds is 54. The number of nitrogens with two attached hydrogens (primary N) is 2. The number of hydrogen-bond donors (Lipinski definition) is 25. The summed E-state index contributed by atoms with van der Waals surface area (Å²) in [6.07, 6.45) is -1.13. The van der Waals surface area contributed by atoms with Crippen molar-refractivity contribution in [2.75, 3.05) is 44.8 Å². The molecule has 0 saturated carbocycles. The molecule has 46 nitrogen and oxygen atoms in total. The summed E-state index contributed by atoms with van der Waals surface area (Å²) in [5.74, 6) is -20.6. The molecule has 3 aliphatic rings. The van der Waals surface area contributed by atoms with E-state index in [1.807, 2.05) is 0 Å². The highest BCUT2D eigenvalue weighted by molar-refractivity contribution is 7.98. The number of carboxylic acids is 3. The van der Waals surface area contributed by atoms with Crippen LogP contribution in [0.1, 0.15) is 139 Å². The molecule has 3 aromatic carbocycles. The third-order valence-electron chi connectivity index (χ3n) is 22.2. The zero-order chi connectivity index (χ0) is 97.7. The number of carboxylic acid groups (broad SMARTS) is 3. The molecule has 3 aliphatic heterocycles. The lowest BCUT2D eigenvalue weighted by Crippen LogP contribution is -2.62. The highest BCUT2D eigenvalue weighted by atomic mass is 32.2. The number of imidazole rings is 1. The summed E-state index contributed by atoms with van der Waals surface area (Å²) in [4.78, 5) is 261. The van der Waals surface area contributed by atoms with Gasteiger partial charge in [0.1, 0.15) is 96.1 Å². The molecule has 0 unspecified atom stereocenters. The van der Waals surface area contributed by atoms with Gasteiger partial charge in [-0.25, -0.2) is 9.78 Å². The van der Waals surface area contributed by atoms with Gasteiger partial charge in [0.05, 0.1) is 31.5 Å². The topological polar surface area (TPSA) is 728 Å². The predicted octanol–water partition coefficient (Wildman–Crippen LogP) is -5.23. The molecular formula is C86H121N21O25S. The van der Waals surface area contributed by atoms with E-state index >= 15 is 4.79 Å². The molecule has 4 aromatic rings. The third-order valence-corrected chi connectivity index (χ3v) is 22.9. The second-order valence-corrected chi connectivity index (χ2v) is 34.1. The minimum atomic E-state index is -2.06. The van der Waals surface area contributed by atoms with Crippen molar-refractivity contribution in [3.8, 4) is 11.5 Å². The average molecular weight is 1880 g/mol. The Morgan fingerprint density at radius 3 is 1.41 bits per heavy atom. The van der Waals surface area contributed by atoms with Crippen LogP contribution in [0, 0.1) is 11.3 Å². The number of hydrogen-bond acceptors (Lipinski definition) is 26. The molecule has 0 aliphatic carbocycles. The number of aromatic hydroxyl groups is 2. The van der Waals surface area contributed by atoms with Crippen LogP contribution in [0.2, 0.25) is 0 Å². The number of primary amides is 1. The number of phenols is 2. The van der Waals surface area contributed by atoms with Crippen LogP contribution in [0.4, 0.5) is 0 Å². The van der Waals surface area contributed by atoms with Crippen LogP contribution in [0.5, 0.6) is 11.5 Å². The number of benzene rings is 3. The van der Waals surface area contributed by atoms with Crippen molar-refractivity contribution in [3.05, 3.63) is 114 Å². The van der Waals surface area contributed by atoms with Crippen LogP contribution < -0.4 is 85.9 Å². The Labute approximate surface area is 769 Å². The van der Waals surface area contributed by atoms with Gasteiger partial charge < -0.3 is 136 Å². The van der Waals surface area contributed by atoms with Gasteiger partial charge in [0.15, 0.2) is 5.96 Å². The number of likely N-dealkylation sites (tertiary alicyclic amines) is 2. The Morgan fingerprint density at radius 1 is 0.496 bits per heavy atom. The predicted molar refractivity (Wildman–Crippen MR) is 475 cm³/mol. The summed E-state index contributed by atoms with van der Waals surface area (Å²) in [5.41, 5.74) is 12.5. The molecule has 3 saturated heterocycles. The highest BCUT2D eigenvalue weighted by Crippen LogP contribution is 2.25. The number of nitrogens with zero attached hydrogens (tertiary/aromatic N) is 3. The zero-order valence-electron chi connectivity index (χ0n) is 74.0. The molecule has 15 amide bonds. The van der Waals surface area contributed by atoms with Crippen LogP contribution >= 0.6 is 11.8 Å². The van der Waals surface area contributed by atoms with E-state index in [2.05, 4.69) is 84.4 Å². The number of carbonyl (C=O) groups is 18. The van der Waals surface area contributed by atoms with Crippen molar-refractivity contribution in [2.24, 2.45) is 17.4 Å². The third kappa shape index (κ3) is 34.6. The fourth-order valence-corrected chi connectivity index (χ4v) is 15.7. The number of aromatic nitrogens is 2. The van der Waals surface area contributed by atoms with Crippen LogP contribution in [-0.4, -0.2) is 310 Å². The SMILES string of the molecule is CSCC[C@H](NC(=O)[C@@H]1CCCN1)C(=O)N[C@H](C(=O)N[C@@H](CC(C)C)C(=O)N1CCC[C@H]1C(=O)N[C@@H](CCC(=O)O)C(=O)N[C@@H](CC(N)=O)C(=O)N[C@@H](Cc1ccc(O)cc1)C(=O)N[C@@H](Cc1ccccc1)C(=O)N[C@@H](CO)C(=O)N[C@@H](CCC(=O)O)C(=O)N[C@@H](CCCNC(=N)N)C(=O)N1CCC[C@H]1C(=O)N[C@@H](Cc1ccc(O)cc1)C(=O)N[C@@H](Cc1cnc[nH]1)C(=O)O)[C@@H](C)O. The molecule has 3 fully saturated rings. The molecule has 133 heavy (non-hydrogen) atoms. The number of aliphatic carboxylic acids is 3. The molecule has 27 N–H and O–H groups in total. The summed E-state index contributed by atoms with van der Waals surface area (Å²) >= 11 is 1.40. The molecule has 726 valence electrons. The van der Waals surface area contributed by atoms with Gasteiger partial charge in [0.25, 0.3) is 0 Å². The number of carbonyl (C=O) groups excluding carboxylic acids is 15. The molecule has 1 aromatic heterocycles. The van der Waals surface area contributed by atoms with Gasteiger partial charge in [-0.15, -0.1) is 0 Å². The summed E-state index contributed by atoms with van der Waals surface area (Å²) < 4.78 is 0. The lowest BCUT2D eigenvalue weighted by Gasteiger charge is -2.32. The quantitative estimate of drug-likeness (QED) is 0.0112. The first-order chi connectivity index (χ1) is 63.2. The molecule has 0 radical (unpaired) electrons. The number of aromatic amines is 1. The Hall–Kier alpha value is -13.6. The second kappa shape index (κ2) is 53.1. The first kappa shape index (κ1) is 106. The maximum atomic E-state index is 15.1. The van der Waals surface area contributed by atoms with Gasteiger partial charge in [0, 0.05) is 70.0 Å². The van der Waals surface area contributed by atoms with Gasteiger partial charge in [0.2, 0.25) is 88.6 Å². The fraction of sp³-hybridized carbons (Fsp3) is 0.535. The summed E-state index contributed by atoms with van der Waals surface area (Å²) in [6.45, 7) is 3.79. The number of amides is 15. The Morgan fingerprint density at radius 2 is 0.932 bits per heavy atom.